The highest BCUT2D eigenvalue weighted by Gasteiger charge is 2.25. The number of carbonyl (C=O) groups is 1. The molecule has 3 rings (SSSR count). The first-order chi connectivity index (χ1) is 14.8. The third-order valence-corrected chi connectivity index (χ3v) is 4.95. The van der Waals surface area contributed by atoms with Gasteiger partial charge in [0, 0.05) is 25.3 Å². The van der Waals surface area contributed by atoms with Gasteiger partial charge in [-0.15, -0.1) is 0 Å². The van der Waals surface area contributed by atoms with E-state index in [-0.39, 0.29) is 28.9 Å². The molecule has 1 N–H and O–H groups in total. The van der Waals surface area contributed by atoms with E-state index in [1.807, 2.05) is 32.0 Å². The lowest BCUT2D eigenvalue weighted by Crippen LogP contribution is -2.28. The number of nitrogens with zero attached hydrogens (tertiary/aromatic N) is 3. The Morgan fingerprint density at radius 3 is 2.58 bits per heavy atom. The van der Waals surface area contributed by atoms with Crippen molar-refractivity contribution in [1.29, 1.82) is 0 Å². The van der Waals surface area contributed by atoms with Gasteiger partial charge < -0.3 is 14.8 Å². The Morgan fingerprint density at radius 1 is 1.13 bits per heavy atom. The summed E-state index contributed by atoms with van der Waals surface area (Å²) < 4.78 is 12.5. The lowest BCUT2D eigenvalue weighted by Gasteiger charge is -2.13. The van der Waals surface area contributed by atoms with Crippen molar-refractivity contribution in [3.8, 4) is 17.3 Å². The molecule has 0 radical (unpaired) electrons. The van der Waals surface area contributed by atoms with Gasteiger partial charge in [-0.2, -0.15) is 9.78 Å². The van der Waals surface area contributed by atoms with Gasteiger partial charge in [-0.3, -0.25) is 14.9 Å². The van der Waals surface area contributed by atoms with Crippen LogP contribution in [0.1, 0.15) is 27.2 Å². The van der Waals surface area contributed by atoms with Crippen LogP contribution in [0.2, 0.25) is 0 Å². The largest absolute Gasteiger partial charge is 0.431 e. The highest BCUT2D eigenvalue weighted by molar-refractivity contribution is 5.94. The monoisotopic (exact) mass is 424 g/mol. The van der Waals surface area contributed by atoms with Crippen molar-refractivity contribution in [3.05, 3.63) is 75.0 Å². The average molecular weight is 424 g/mol. The quantitative estimate of drug-likeness (QED) is 0.334. The fourth-order valence-corrected chi connectivity index (χ4v) is 3.09. The van der Waals surface area contributed by atoms with Crippen molar-refractivity contribution < 1.29 is 19.2 Å². The summed E-state index contributed by atoms with van der Waals surface area (Å²) in [5, 5.41) is 18.7. The van der Waals surface area contributed by atoms with Crippen LogP contribution in [-0.2, 0) is 4.74 Å². The summed E-state index contributed by atoms with van der Waals surface area (Å²) >= 11 is 0. The molecule has 162 valence electrons. The molecule has 0 aliphatic carbocycles. The van der Waals surface area contributed by atoms with E-state index in [1.54, 1.807) is 26.2 Å². The minimum absolute atomic E-state index is 0.0633. The van der Waals surface area contributed by atoms with Gasteiger partial charge in [-0.25, -0.2) is 0 Å². The lowest BCUT2D eigenvalue weighted by molar-refractivity contribution is -0.385. The Kier molecular flexibility index (Phi) is 6.66. The zero-order chi connectivity index (χ0) is 22.5. The van der Waals surface area contributed by atoms with Crippen molar-refractivity contribution in [3.63, 3.8) is 0 Å². The normalized spacial score (nSPS) is 10.7. The van der Waals surface area contributed by atoms with Crippen LogP contribution in [0.15, 0.2) is 42.5 Å². The van der Waals surface area contributed by atoms with E-state index >= 15 is 0 Å². The maximum Gasteiger partial charge on any atom is 0.311 e. The number of hydrogen-bond acceptors (Lipinski definition) is 6. The van der Waals surface area contributed by atoms with Crippen molar-refractivity contribution in [2.24, 2.45) is 0 Å². The van der Waals surface area contributed by atoms with Gasteiger partial charge in [0.05, 0.1) is 17.2 Å². The second-order valence-corrected chi connectivity index (χ2v) is 6.99. The second kappa shape index (κ2) is 9.40. The van der Waals surface area contributed by atoms with E-state index in [0.717, 1.165) is 11.1 Å². The molecular weight excluding hydrogens is 400 g/mol. The minimum atomic E-state index is -0.512. The van der Waals surface area contributed by atoms with Crippen LogP contribution in [0.25, 0.3) is 5.69 Å². The molecule has 0 atom stereocenters. The second-order valence-electron chi connectivity index (χ2n) is 6.99. The Bertz CT molecular complexity index is 1120. The average Bonchev–Trinajstić information content (AvgIpc) is 3.06. The molecule has 0 fully saturated rings. The summed E-state index contributed by atoms with van der Waals surface area (Å²) in [6.45, 7) is 6.29. The van der Waals surface area contributed by atoms with Crippen molar-refractivity contribution in [2.45, 2.75) is 20.8 Å². The van der Waals surface area contributed by atoms with E-state index in [0.29, 0.717) is 24.4 Å². The topological polar surface area (TPSA) is 109 Å². The highest BCUT2D eigenvalue weighted by atomic mass is 16.6. The number of methoxy groups -OCH3 is 1. The van der Waals surface area contributed by atoms with Crippen LogP contribution >= 0.6 is 0 Å². The third-order valence-electron chi connectivity index (χ3n) is 4.95. The zero-order valence-corrected chi connectivity index (χ0v) is 17.8. The molecule has 0 spiro atoms. The molecule has 31 heavy (non-hydrogen) atoms. The Morgan fingerprint density at radius 2 is 1.87 bits per heavy atom. The molecule has 1 aromatic heterocycles. The van der Waals surface area contributed by atoms with Gasteiger partial charge >= 0.3 is 5.69 Å². The summed E-state index contributed by atoms with van der Waals surface area (Å²) in [7, 11) is 1.55. The number of benzene rings is 2. The highest BCUT2D eigenvalue weighted by Crippen LogP contribution is 2.35. The standard InChI is InChI=1S/C22H24N4O5/c1-14-8-7-10-17(15(14)2)25-22(31-19-11-6-5-9-18(19)26(28)29)16(3)20(24-25)21(27)23-12-13-30-4/h5-11H,12-13H2,1-4H3,(H,23,27). The Labute approximate surface area is 179 Å². The number of hydrogen-bond donors (Lipinski definition) is 1. The number of aryl methyl sites for hydroxylation is 1. The van der Waals surface area contributed by atoms with Crippen LogP contribution in [0.4, 0.5) is 5.69 Å². The first-order valence-corrected chi connectivity index (χ1v) is 9.69. The van der Waals surface area contributed by atoms with Crippen LogP contribution in [0.5, 0.6) is 11.6 Å². The molecule has 0 bridgehead atoms. The number of ether oxygens (including phenoxy) is 2. The van der Waals surface area contributed by atoms with Crippen molar-refractivity contribution in [2.75, 3.05) is 20.3 Å². The molecule has 2 aromatic carbocycles. The summed E-state index contributed by atoms with van der Waals surface area (Å²) in [6, 6.07) is 11.8. The first kappa shape index (κ1) is 22.0. The zero-order valence-electron chi connectivity index (χ0n) is 17.8. The number of aromatic nitrogens is 2. The van der Waals surface area contributed by atoms with Crippen LogP contribution in [0, 0.1) is 30.9 Å². The number of nitrogens with one attached hydrogen (secondary N) is 1. The Hall–Kier alpha value is -3.72. The predicted octanol–water partition coefficient (Wildman–Crippen LogP) is 3.87. The molecule has 0 saturated heterocycles. The maximum atomic E-state index is 12.7. The van der Waals surface area contributed by atoms with Gasteiger partial charge in [0.25, 0.3) is 5.91 Å². The number of nitro benzene ring substituents is 1. The van der Waals surface area contributed by atoms with E-state index in [1.165, 1.54) is 16.8 Å². The molecule has 0 saturated carbocycles. The smallest absolute Gasteiger partial charge is 0.311 e. The van der Waals surface area contributed by atoms with E-state index in [9.17, 15) is 14.9 Å². The van der Waals surface area contributed by atoms with Crippen LogP contribution in [0.3, 0.4) is 0 Å². The third kappa shape index (κ3) is 4.56. The van der Waals surface area contributed by atoms with Gasteiger partial charge in [0.15, 0.2) is 5.69 Å². The van der Waals surface area contributed by atoms with Crippen LogP contribution < -0.4 is 10.1 Å². The maximum absolute atomic E-state index is 12.7. The SMILES string of the molecule is COCCNC(=O)c1nn(-c2cccc(C)c2C)c(Oc2ccccc2[N+](=O)[O-])c1C. The summed E-state index contributed by atoms with van der Waals surface area (Å²) in [5.74, 6) is -0.0840. The number of carbonyl (C=O) groups excluding carboxylic acids is 1. The molecule has 1 heterocycles. The molecule has 9 nitrogen and oxygen atoms in total. The van der Waals surface area contributed by atoms with E-state index in [2.05, 4.69) is 10.4 Å². The number of amides is 1. The molecule has 9 heteroatoms. The summed E-state index contributed by atoms with van der Waals surface area (Å²) in [5.41, 5.74) is 3.16. The number of para-hydroxylation sites is 2. The van der Waals surface area contributed by atoms with Crippen LogP contribution in [-0.4, -0.2) is 40.9 Å². The molecule has 0 aliphatic rings. The fraction of sp³-hybridized carbons (Fsp3) is 0.273. The Balaban J connectivity index is 2.13. The summed E-state index contributed by atoms with van der Waals surface area (Å²) in [4.78, 5) is 23.6. The first-order valence-electron chi connectivity index (χ1n) is 9.69. The predicted molar refractivity (Wildman–Crippen MR) is 115 cm³/mol. The lowest BCUT2D eigenvalue weighted by atomic mass is 10.1. The van der Waals surface area contributed by atoms with Gasteiger partial charge in [-0.1, -0.05) is 24.3 Å². The van der Waals surface area contributed by atoms with Gasteiger partial charge in [-0.05, 0) is 44.0 Å². The molecule has 0 unspecified atom stereocenters. The van der Waals surface area contributed by atoms with Gasteiger partial charge in [0.1, 0.15) is 0 Å². The minimum Gasteiger partial charge on any atom is -0.431 e. The molecule has 0 aliphatic heterocycles. The number of rotatable bonds is 8. The molecular formula is C22H24N4O5. The van der Waals surface area contributed by atoms with Gasteiger partial charge in [0.2, 0.25) is 11.6 Å². The van der Waals surface area contributed by atoms with E-state index in [4.69, 9.17) is 9.47 Å². The summed E-state index contributed by atoms with van der Waals surface area (Å²) in [6.07, 6.45) is 0. The van der Waals surface area contributed by atoms with Crippen molar-refractivity contribution in [1.82, 2.24) is 15.1 Å². The van der Waals surface area contributed by atoms with Crippen molar-refractivity contribution >= 4 is 11.6 Å². The molecule has 1 amide bonds. The fourth-order valence-electron chi connectivity index (χ4n) is 3.09. The molecule has 3 aromatic rings. The van der Waals surface area contributed by atoms with E-state index < -0.39 is 4.92 Å². The number of nitro groups is 1.